The molecule has 1 unspecified atom stereocenters. The third-order valence-electron chi connectivity index (χ3n) is 7.18. The first-order valence-electron chi connectivity index (χ1n) is 12.2. The number of ether oxygens (including phenoxy) is 4. The summed E-state index contributed by atoms with van der Waals surface area (Å²) in [6.45, 7) is 4.40. The van der Waals surface area contributed by atoms with E-state index in [4.69, 9.17) is 35.5 Å². The molecule has 3 aromatic rings. The van der Waals surface area contributed by atoms with Crippen LogP contribution in [0.25, 0.3) is 22.3 Å². The Morgan fingerprint density at radius 1 is 1.17 bits per heavy atom. The molecule has 3 aliphatic heterocycles. The van der Waals surface area contributed by atoms with Crippen molar-refractivity contribution in [2.24, 2.45) is 5.92 Å². The zero-order chi connectivity index (χ0) is 24.6. The van der Waals surface area contributed by atoms with Crippen molar-refractivity contribution in [3.8, 4) is 23.2 Å². The molecule has 2 N–H and O–H groups in total. The van der Waals surface area contributed by atoms with E-state index in [1.54, 1.807) is 6.07 Å². The van der Waals surface area contributed by atoms with Crippen LogP contribution in [0.5, 0.6) is 5.88 Å². The van der Waals surface area contributed by atoms with E-state index < -0.39 is 6.10 Å². The van der Waals surface area contributed by atoms with Gasteiger partial charge in [0.1, 0.15) is 29.4 Å². The number of halogens is 1. The molecule has 10 heteroatoms. The van der Waals surface area contributed by atoms with Crippen LogP contribution in [0.3, 0.4) is 0 Å². The van der Waals surface area contributed by atoms with E-state index in [9.17, 15) is 10.4 Å². The number of H-pyrrole nitrogens is 1. The summed E-state index contributed by atoms with van der Waals surface area (Å²) >= 11 is 6.60. The Bertz CT molecular complexity index is 1280. The molecule has 4 atom stereocenters. The summed E-state index contributed by atoms with van der Waals surface area (Å²) in [6, 6.07) is 12.1. The molecule has 3 aliphatic rings. The van der Waals surface area contributed by atoms with Crippen molar-refractivity contribution in [2.75, 3.05) is 51.0 Å². The molecule has 3 saturated heterocycles. The number of benzene rings is 1. The molecule has 5 heterocycles. The maximum atomic E-state index is 9.92. The summed E-state index contributed by atoms with van der Waals surface area (Å²) in [7, 11) is 0. The van der Waals surface area contributed by atoms with E-state index >= 15 is 0 Å². The number of hydrogen-bond acceptors (Lipinski definition) is 8. The second-order valence-electron chi connectivity index (χ2n) is 9.36. The van der Waals surface area contributed by atoms with Crippen LogP contribution in [0.1, 0.15) is 12.0 Å². The van der Waals surface area contributed by atoms with E-state index in [0.29, 0.717) is 59.4 Å². The summed E-state index contributed by atoms with van der Waals surface area (Å²) in [5.74, 6) is 0.514. The van der Waals surface area contributed by atoms with Gasteiger partial charge >= 0.3 is 0 Å². The van der Waals surface area contributed by atoms with Crippen molar-refractivity contribution in [1.29, 1.82) is 5.26 Å². The number of morpholine rings is 1. The second kappa shape index (κ2) is 9.88. The van der Waals surface area contributed by atoms with Crippen molar-refractivity contribution in [3.05, 3.63) is 40.9 Å². The fraction of sp³-hybridized carbons (Fsp3) is 0.462. The Balaban J connectivity index is 1.19. The molecule has 0 bridgehead atoms. The third kappa shape index (κ3) is 4.29. The smallest absolute Gasteiger partial charge is 0.212 e. The summed E-state index contributed by atoms with van der Waals surface area (Å²) in [6.07, 6.45) is -0.256. The van der Waals surface area contributed by atoms with E-state index in [2.05, 4.69) is 28.1 Å². The summed E-state index contributed by atoms with van der Waals surface area (Å²) in [5.41, 5.74) is 4.14. The molecule has 0 saturated carbocycles. The van der Waals surface area contributed by atoms with Crippen LogP contribution < -0.4 is 9.64 Å². The summed E-state index contributed by atoms with van der Waals surface area (Å²) < 4.78 is 22.8. The number of nitrogens with one attached hydrogen (secondary N) is 1. The van der Waals surface area contributed by atoms with Crippen molar-refractivity contribution in [3.63, 3.8) is 0 Å². The van der Waals surface area contributed by atoms with Crippen LogP contribution in [0, 0.1) is 17.2 Å². The average molecular weight is 511 g/mol. The number of pyridine rings is 1. The molecule has 9 nitrogen and oxygen atoms in total. The molecule has 0 amide bonds. The van der Waals surface area contributed by atoms with Gasteiger partial charge in [-0.3, -0.25) is 0 Å². The van der Waals surface area contributed by atoms with Crippen LogP contribution >= 0.6 is 11.6 Å². The molecule has 1 aromatic carbocycles. The molecule has 36 heavy (non-hydrogen) atoms. The van der Waals surface area contributed by atoms with Gasteiger partial charge in [-0.15, -0.1) is 0 Å². The lowest BCUT2D eigenvalue weighted by Gasteiger charge is -2.28. The van der Waals surface area contributed by atoms with Crippen LogP contribution in [0.4, 0.5) is 5.69 Å². The van der Waals surface area contributed by atoms with E-state index in [1.165, 1.54) is 0 Å². The number of rotatable bonds is 6. The first-order chi connectivity index (χ1) is 17.6. The predicted molar refractivity (Wildman–Crippen MR) is 133 cm³/mol. The topological polar surface area (TPSA) is 113 Å². The molecule has 188 valence electrons. The average Bonchev–Trinajstić information content (AvgIpc) is 3.58. The van der Waals surface area contributed by atoms with Crippen LogP contribution in [0.2, 0.25) is 5.02 Å². The molecule has 0 radical (unpaired) electrons. The van der Waals surface area contributed by atoms with E-state index in [1.807, 2.05) is 12.1 Å². The Labute approximate surface area is 213 Å². The molecule has 0 spiro atoms. The zero-order valence-corrected chi connectivity index (χ0v) is 20.4. The number of aromatic amines is 1. The van der Waals surface area contributed by atoms with Gasteiger partial charge in [0.25, 0.3) is 0 Å². The quantitative estimate of drug-likeness (QED) is 0.520. The molecule has 2 aromatic heterocycles. The number of fused-ring (bicyclic) bond motifs is 2. The monoisotopic (exact) mass is 510 g/mol. The third-order valence-corrected chi connectivity index (χ3v) is 7.47. The maximum Gasteiger partial charge on any atom is 0.212 e. The number of aliphatic hydroxyl groups excluding tert-OH is 1. The molecular formula is C26H27ClN4O5. The Kier molecular flexibility index (Phi) is 6.46. The minimum Gasteiger partial charge on any atom is -0.478 e. The second-order valence-corrected chi connectivity index (χ2v) is 9.77. The van der Waals surface area contributed by atoms with Crippen molar-refractivity contribution >= 4 is 28.3 Å². The Morgan fingerprint density at radius 3 is 2.72 bits per heavy atom. The van der Waals surface area contributed by atoms with Crippen molar-refractivity contribution in [1.82, 2.24) is 9.97 Å². The molecule has 0 aliphatic carbocycles. The minimum absolute atomic E-state index is 0.112. The standard InChI is InChI=1S/C26H27ClN4O5/c27-19-11-20-23(30-22(19)15-1-3-17(4-2-15)31-6-9-33-10-7-31)18(12-28)26(29-20)34-8-5-16-13-35-25-21(32)14-36-24(16)25/h1-4,11,16,21,24-25,29,32H,5-10,13-14H2/t16-,21-,24-,25?/m1/s1. The van der Waals surface area contributed by atoms with Crippen LogP contribution in [-0.2, 0) is 14.2 Å². The van der Waals surface area contributed by atoms with Gasteiger partial charge < -0.3 is 33.9 Å². The lowest BCUT2D eigenvalue weighted by atomic mass is 9.98. The highest BCUT2D eigenvalue weighted by Crippen LogP contribution is 2.36. The van der Waals surface area contributed by atoms with Crippen molar-refractivity contribution < 1.29 is 24.1 Å². The number of hydrogen-bond donors (Lipinski definition) is 2. The predicted octanol–water partition coefficient (Wildman–Crippen LogP) is 3.14. The summed E-state index contributed by atoms with van der Waals surface area (Å²) in [5, 5.41) is 20.3. The van der Waals surface area contributed by atoms with Gasteiger partial charge in [-0.1, -0.05) is 23.7 Å². The fourth-order valence-electron chi connectivity index (χ4n) is 5.25. The molecule has 3 fully saturated rings. The normalized spacial score (nSPS) is 25.8. The number of aliphatic hydroxyl groups is 1. The lowest BCUT2D eigenvalue weighted by molar-refractivity contribution is 0.0163. The largest absolute Gasteiger partial charge is 0.478 e. The van der Waals surface area contributed by atoms with Crippen LogP contribution in [-0.4, -0.2) is 79.5 Å². The lowest BCUT2D eigenvalue weighted by Crippen LogP contribution is -2.36. The molecule has 6 rings (SSSR count). The first kappa shape index (κ1) is 23.5. The van der Waals surface area contributed by atoms with Crippen molar-refractivity contribution in [2.45, 2.75) is 24.7 Å². The van der Waals surface area contributed by atoms with Gasteiger partial charge in [0.15, 0.2) is 0 Å². The number of nitriles is 1. The number of aromatic nitrogens is 2. The van der Waals surface area contributed by atoms with Gasteiger partial charge in [-0.25, -0.2) is 4.98 Å². The van der Waals surface area contributed by atoms with Gasteiger partial charge in [0, 0.05) is 30.3 Å². The van der Waals surface area contributed by atoms with Gasteiger partial charge in [-0.2, -0.15) is 5.26 Å². The summed E-state index contributed by atoms with van der Waals surface area (Å²) in [4.78, 5) is 10.2. The van der Waals surface area contributed by atoms with Gasteiger partial charge in [0.2, 0.25) is 5.88 Å². The van der Waals surface area contributed by atoms with Gasteiger partial charge in [-0.05, 0) is 24.6 Å². The van der Waals surface area contributed by atoms with Gasteiger partial charge in [0.05, 0.1) is 55.4 Å². The Morgan fingerprint density at radius 2 is 1.94 bits per heavy atom. The highest BCUT2D eigenvalue weighted by atomic mass is 35.5. The number of nitrogens with zero attached hydrogens (tertiary/aromatic N) is 3. The fourth-order valence-corrected chi connectivity index (χ4v) is 5.51. The first-order valence-corrected chi connectivity index (χ1v) is 12.6. The highest BCUT2D eigenvalue weighted by molar-refractivity contribution is 6.33. The number of anilines is 1. The zero-order valence-electron chi connectivity index (χ0n) is 19.7. The van der Waals surface area contributed by atoms with E-state index in [-0.39, 0.29) is 18.1 Å². The highest BCUT2D eigenvalue weighted by Gasteiger charge is 2.46. The van der Waals surface area contributed by atoms with Crippen LogP contribution in [0.15, 0.2) is 30.3 Å². The molecular weight excluding hydrogens is 484 g/mol. The maximum absolute atomic E-state index is 9.92. The SMILES string of the molecule is N#Cc1c(OCC[C@@H]2COC3[C@H](O)CO[C@@H]32)[nH]c2cc(Cl)c(-c3ccc(N4CCOCC4)cc3)nc12. The minimum atomic E-state index is -0.569. The van der Waals surface area contributed by atoms with E-state index in [0.717, 1.165) is 37.6 Å². The Hall–Kier alpha value is -2.87.